The summed E-state index contributed by atoms with van der Waals surface area (Å²) in [5.74, 6) is 0.624. The van der Waals surface area contributed by atoms with Gasteiger partial charge in [0, 0.05) is 12.8 Å². The van der Waals surface area contributed by atoms with Gasteiger partial charge in [-0.2, -0.15) is 0 Å². The minimum absolute atomic E-state index is 0.186. The van der Waals surface area contributed by atoms with Gasteiger partial charge in [0.1, 0.15) is 11.4 Å². The van der Waals surface area contributed by atoms with E-state index in [1.807, 2.05) is 13.8 Å². The van der Waals surface area contributed by atoms with Gasteiger partial charge < -0.3 is 4.74 Å². The number of ether oxygens (including phenoxy) is 1. The van der Waals surface area contributed by atoms with Gasteiger partial charge in [-0.05, 0) is 39.0 Å². The van der Waals surface area contributed by atoms with E-state index in [-0.39, 0.29) is 18.2 Å². The van der Waals surface area contributed by atoms with E-state index in [0.717, 1.165) is 32.1 Å². The van der Waals surface area contributed by atoms with Crippen molar-refractivity contribution >= 4 is 11.8 Å². The second-order valence-corrected chi connectivity index (χ2v) is 7.37. The highest BCUT2D eigenvalue weighted by Gasteiger charge is 2.22. The standard InChI is InChI=1S/C19H36O3/c1-6-7-8-9-12-17(20)13-14-18(21)22-19(4,5)15-10-11-16(2)3/h16H,6-15H2,1-5H3. The number of carbonyl (C=O) groups excluding carboxylic acids is 2. The second-order valence-electron chi connectivity index (χ2n) is 7.37. The van der Waals surface area contributed by atoms with Crippen LogP contribution in [0, 0.1) is 5.92 Å². The van der Waals surface area contributed by atoms with Crippen LogP contribution in [0.15, 0.2) is 0 Å². The summed E-state index contributed by atoms with van der Waals surface area (Å²) in [6.45, 7) is 10.5. The minimum Gasteiger partial charge on any atom is -0.460 e. The van der Waals surface area contributed by atoms with Crippen LogP contribution in [0.3, 0.4) is 0 Å². The fourth-order valence-electron chi connectivity index (χ4n) is 2.46. The number of unbranched alkanes of at least 4 members (excludes halogenated alkanes) is 3. The summed E-state index contributed by atoms with van der Waals surface area (Å²) < 4.78 is 5.52. The van der Waals surface area contributed by atoms with Crippen LogP contribution in [0.4, 0.5) is 0 Å². The molecule has 0 aliphatic rings. The normalized spacial score (nSPS) is 11.7. The van der Waals surface area contributed by atoms with E-state index in [1.54, 1.807) is 0 Å². The lowest BCUT2D eigenvalue weighted by Crippen LogP contribution is -2.28. The molecular formula is C19H36O3. The monoisotopic (exact) mass is 312 g/mol. The summed E-state index contributed by atoms with van der Waals surface area (Å²) in [6.07, 6.45) is 8.65. The summed E-state index contributed by atoms with van der Waals surface area (Å²) in [5, 5.41) is 0. The number of ketones is 1. The molecule has 0 saturated carbocycles. The number of carbonyl (C=O) groups is 2. The Balaban J connectivity index is 3.84. The van der Waals surface area contributed by atoms with Crippen molar-refractivity contribution < 1.29 is 14.3 Å². The van der Waals surface area contributed by atoms with E-state index in [1.165, 1.54) is 12.8 Å². The number of esters is 1. The van der Waals surface area contributed by atoms with Gasteiger partial charge in [-0.1, -0.05) is 46.5 Å². The molecule has 0 N–H and O–H groups in total. The molecule has 0 saturated heterocycles. The topological polar surface area (TPSA) is 43.4 Å². The van der Waals surface area contributed by atoms with Gasteiger partial charge in [0.05, 0.1) is 6.42 Å². The van der Waals surface area contributed by atoms with Crippen molar-refractivity contribution in [1.29, 1.82) is 0 Å². The number of hydrogen-bond acceptors (Lipinski definition) is 3. The first-order chi connectivity index (χ1) is 10.3. The van der Waals surface area contributed by atoms with Crippen LogP contribution in [0.25, 0.3) is 0 Å². The molecule has 22 heavy (non-hydrogen) atoms. The van der Waals surface area contributed by atoms with Gasteiger partial charge >= 0.3 is 5.97 Å². The highest BCUT2D eigenvalue weighted by Crippen LogP contribution is 2.21. The molecular weight excluding hydrogens is 276 g/mol. The molecule has 0 spiro atoms. The predicted molar refractivity (Wildman–Crippen MR) is 91.9 cm³/mol. The number of rotatable bonds is 13. The molecule has 3 heteroatoms. The van der Waals surface area contributed by atoms with Gasteiger partial charge in [-0.15, -0.1) is 0 Å². The Kier molecular flexibility index (Phi) is 11.2. The molecule has 0 aromatic heterocycles. The van der Waals surface area contributed by atoms with Crippen molar-refractivity contribution in [1.82, 2.24) is 0 Å². The Morgan fingerprint density at radius 1 is 0.955 bits per heavy atom. The Morgan fingerprint density at radius 2 is 1.64 bits per heavy atom. The van der Waals surface area contributed by atoms with Gasteiger partial charge in [0.2, 0.25) is 0 Å². The Bertz CT molecular complexity index is 319. The maximum absolute atomic E-state index is 11.9. The average Bonchev–Trinajstić information content (AvgIpc) is 2.40. The van der Waals surface area contributed by atoms with E-state index in [4.69, 9.17) is 4.74 Å². The predicted octanol–water partition coefficient (Wildman–Crippen LogP) is 5.45. The Hall–Kier alpha value is -0.860. The van der Waals surface area contributed by atoms with E-state index in [0.29, 0.717) is 18.8 Å². The van der Waals surface area contributed by atoms with Gasteiger partial charge in [-0.3, -0.25) is 9.59 Å². The molecule has 0 aromatic rings. The molecule has 0 unspecified atom stereocenters. The minimum atomic E-state index is -0.420. The SMILES string of the molecule is CCCCCCC(=O)CCC(=O)OC(C)(C)CCCC(C)C. The first-order valence-corrected chi connectivity index (χ1v) is 9.00. The fourth-order valence-corrected chi connectivity index (χ4v) is 2.46. The zero-order valence-electron chi connectivity index (χ0n) is 15.4. The molecule has 0 radical (unpaired) electrons. The Morgan fingerprint density at radius 3 is 2.23 bits per heavy atom. The summed E-state index contributed by atoms with van der Waals surface area (Å²) >= 11 is 0. The molecule has 0 heterocycles. The maximum Gasteiger partial charge on any atom is 0.306 e. The van der Waals surface area contributed by atoms with E-state index in [9.17, 15) is 9.59 Å². The highest BCUT2D eigenvalue weighted by molar-refractivity contribution is 5.82. The second kappa shape index (κ2) is 11.7. The van der Waals surface area contributed by atoms with Crippen molar-refractivity contribution in [3.05, 3.63) is 0 Å². The first kappa shape index (κ1) is 21.1. The third-order valence-corrected chi connectivity index (χ3v) is 3.87. The van der Waals surface area contributed by atoms with Crippen LogP contribution in [0.5, 0.6) is 0 Å². The summed E-state index contributed by atoms with van der Waals surface area (Å²) in [7, 11) is 0. The van der Waals surface area contributed by atoms with Gasteiger partial charge in [0.25, 0.3) is 0 Å². The molecule has 0 rings (SSSR count). The first-order valence-electron chi connectivity index (χ1n) is 9.00. The molecule has 0 atom stereocenters. The van der Waals surface area contributed by atoms with E-state index < -0.39 is 5.60 Å². The average molecular weight is 312 g/mol. The van der Waals surface area contributed by atoms with Crippen LogP contribution in [-0.4, -0.2) is 17.4 Å². The lowest BCUT2D eigenvalue weighted by atomic mass is 9.97. The zero-order chi connectivity index (χ0) is 17.0. The third kappa shape index (κ3) is 12.8. The summed E-state index contributed by atoms with van der Waals surface area (Å²) in [5.41, 5.74) is -0.420. The van der Waals surface area contributed by atoms with Crippen LogP contribution in [0.1, 0.15) is 98.8 Å². The van der Waals surface area contributed by atoms with E-state index in [2.05, 4.69) is 20.8 Å². The molecule has 0 bridgehead atoms. The summed E-state index contributed by atoms with van der Waals surface area (Å²) in [6, 6.07) is 0. The smallest absolute Gasteiger partial charge is 0.306 e. The molecule has 0 aromatic carbocycles. The van der Waals surface area contributed by atoms with Crippen LogP contribution in [0.2, 0.25) is 0 Å². The molecule has 130 valence electrons. The van der Waals surface area contributed by atoms with Crippen LogP contribution in [-0.2, 0) is 14.3 Å². The molecule has 3 nitrogen and oxygen atoms in total. The Labute approximate surface area is 137 Å². The van der Waals surface area contributed by atoms with Crippen molar-refractivity contribution in [2.75, 3.05) is 0 Å². The number of Topliss-reactive ketones (excluding diaryl/α,β-unsaturated/α-hetero) is 1. The quantitative estimate of drug-likeness (QED) is 0.335. The highest BCUT2D eigenvalue weighted by atomic mass is 16.6. The zero-order valence-corrected chi connectivity index (χ0v) is 15.4. The molecule has 0 amide bonds. The van der Waals surface area contributed by atoms with Crippen LogP contribution < -0.4 is 0 Å². The third-order valence-electron chi connectivity index (χ3n) is 3.87. The van der Waals surface area contributed by atoms with Crippen molar-refractivity contribution in [2.45, 2.75) is 104 Å². The van der Waals surface area contributed by atoms with Crippen LogP contribution >= 0.6 is 0 Å². The van der Waals surface area contributed by atoms with Gasteiger partial charge in [-0.25, -0.2) is 0 Å². The lowest BCUT2D eigenvalue weighted by Gasteiger charge is -2.25. The van der Waals surface area contributed by atoms with E-state index >= 15 is 0 Å². The van der Waals surface area contributed by atoms with Crippen molar-refractivity contribution in [3.8, 4) is 0 Å². The van der Waals surface area contributed by atoms with Crippen molar-refractivity contribution in [3.63, 3.8) is 0 Å². The maximum atomic E-state index is 11.9. The molecule has 0 fully saturated rings. The number of hydrogen-bond donors (Lipinski definition) is 0. The summed E-state index contributed by atoms with van der Waals surface area (Å²) in [4.78, 5) is 23.6. The lowest BCUT2D eigenvalue weighted by molar-refractivity contribution is -0.157. The molecule has 0 aliphatic carbocycles. The fraction of sp³-hybridized carbons (Fsp3) is 0.895. The van der Waals surface area contributed by atoms with Gasteiger partial charge in [0.15, 0.2) is 0 Å². The molecule has 0 aliphatic heterocycles. The largest absolute Gasteiger partial charge is 0.460 e. The van der Waals surface area contributed by atoms with Crippen molar-refractivity contribution in [2.24, 2.45) is 5.92 Å².